The maximum atomic E-state index is 12.0. The second kappa shape index (κ2) is 12.5. The standard InChI is InChI=1S/C15H26N4O3S.HI/c1-13(12-22-3)19-15(16-2)17-9-10-23(20,21)18-11-14-7-5-4-6-8-14;/h4-8,13,18H,9-12H2,1-3H3,(H2,16,17,19);1H. The van der Waals surface area contributed by atoms with Crippen LogP contribution in [0.5, 0.6) is 0 Å². The molecule has 0 radical (unpaired) electrons. The predicted octanol–water partition coefficient (Wildman–Crippen LogP) is 0.924. The zero-order chi connectivity index (χ0) is 17.1. The molecule has 0 aliphatic rings. The monoisotopic (exact) mass is 470 g/mol. The number of aliphatic imine (C=N–C) groups is 1. The van der Waals surface area contributed by atoms with Gasteiger partial charge >= 0.3 is 0 Å². The molecule has 0 saturated heterocycles. The van der Waals surface area contributed by atoms with Crippen LogP contribution in [0.15, 0.2) is 35.3 Å². The van der Waals surface area contributed by atoms with Crippen molar-refractivity contribution in [2.24, 2.45) is 4.99 Å². The fraction of sp³-hybridized carbons (Fsp3) is 0.533. The lowest BCUT2D eigenvalue weighted by atomic mass is 10.2. The van der Waals surface area contributed by atoms with Crippen molar-refractivity contribution in [3.05, 3.63) is 35.9 Å². The van der Waals surface area contributed by atoms with E-state index >= 15 is 0 Å². The molecule has 7 nitrogen and oxygen atoms in total. The number of methoxy groups -OCH3 is 1. The fourth-order valence-corrected chi connectivity index (χ4v) is 2.79. The van der Waals surface area contributed by atoms with Crippen molar-refractivity contribution in [2.75, 3.05) is 33.1 Å². The smallest absolute Gasteiger partial charge is 0.213 e. The molecular formula is C15H27IN4O3S. The van der Waals surface area contributed by atoms with Gasteiger partial charge in [-0.25, -0.2) is 13.1 Å². The van der Waals surface area contributed by atoms with Crippen molar-refractivity contribution in [1.82, 2.24) is 15.4 Å². The number of nitrogens with zero attached hydrogens (tertiary/aromatic N) is 1. The Labute approximate surface area is 161 Å². The van der Waals surface area contributed by atoms with E-state index in [0.29, 0.717) is 19.1 Å². The first kappa shape index (κ1) is 23.1. The highest BCUT2D eigenvalue weighted by Gasteiger charge is 2.11. The summed E-state index contributed by atoms with van der Waals surface area (Å²) in [4.78, 5) is 4.05. The first-order chi connectivity index (χ1) is 11.0. The second-order valence-electron chi connectivity index (χ2n) is 5.13. The summed E-state index contributed by atoms with van der Waals surface area (Å²) in [5, 5.41) is 6.09. The third kappa shape index (κ3) is 10.1. The molecule has 1 aromatic carbocycles. The molecule has 0 fully saturated rings. The number of rotatable bonds is 9. The van der Waals surface area contributed by atoms with E-state index in [-0.39, 0.29) is 42.3 Å². The molecule has 1 unspecified atom stereocenters. The molecule has 0 amide bonds. The Hall–Kier alpha value is -0.910. The van der Waals surface area contributed by atoms with Gasteiger partial charge in [0, 0.05) is 33.3 Å². The predicted molar refractivity (Wildman–Crippen MR) is 108 cm³/mol. The van der Waals surface area contributed by atoms with Crippen LogP contribution < -0.4 is 15.4 Å². The van der Waals surface area contributed by atoms with Crippen molar-refractivity contribution >= 4 is 40.0 Å². The van der Waals surface area contributed by atoms with Gasteiger partial charge in [0.1, 0.15) is 0 Å². The zero-order valence-electron chi connectivity index (χ0n) is 14.3. The minimum atomic E-state index is -3.34. The average molecular weight is 470 g/mol. The largest absolute Gasteiger partial charge is 0.383 e. The summed E-state index contributed by atoms with van der Waals surface area (Å²) < 4.78 is 31.5. The molecule has 3 N–H and O–H groups in total. The van der Waals surface area contributed by atoms with E-state index in [9.17, 15) is 8.42 Å². The van der Waals surface area contributed by atoms with Crippen LogP contribution in [0.4, 0.5) is 0 Å². The molecule has 0 spiro atoms. The van der Waals surface area contributed by atoms with Crippen molar-refractivity contribution in [3.8, 4) is 0 Å². The molecule has 0 bridgehead atoms. The Balaban J connectivity index is 0.00000529. The number of guanidine groups is 1. The summed E-state index contributed by atoms with van der Waals surface area (Å²) in [5.41, 5.74) is 0.926. The summed E-state index contributed by atoms with van der Waals surface area (Å²) in [6, 6.07) is 9.49. The van der Waals surface area contributed by atoms with E-state index in [4.69, 9.17) is 4.74 Å². The van der Waals surface area contributed by atoms with Gasteiger partial charge in [-0.05, 0) is 12.5 Å². The van der Waals surface area contributed by atoms with Gasteiger partial charge < -0.3 is 15.4 Å². The second-order valence-corrected chi connectivity index (χ2v) is 7.05. The summed E-state index contributed by atoms with van der Waals surface area (Å²) >= 11 is 0. The molecule has 138 valence electrons. The van der Waals surface area contributed by atoms with Crippen LogP contribution in [0.2, 0.25) is 0 Å². The summed E-state index contributed by atoms with van der Waals surface area (Å²) in [7, 11) is -0.0820. The number of halogens is 1. The Morgan fingerprint density at radius 1 is 1.29 bits per heavy atom. The number of ether oxygens (including phenoxy) is 1. The summed E-state index contributed by atoms with van der Waals surface area (Å²) in [6.45, 7) is 3.05. The molecule has 0 aliphatic carbocycles. The first-order valence-electron chi connectivity index (χ1n) is 7.44. The Morgan fingerprint density at radius 2 is 1.96 bits per heavy atom. The number of hydrogen-bond donors (Lipinski definition) is 3. The Kier molecular flexibility index (Phi) is 12.0. The number of nitrogens with one attached hydrogen (secondary N) is 3. The van der Waals surface area contributed by atoms with Crippen LogP contribution in [0.25, 0.3) is 0 Å². The molecule has 0 aromatic heterocycles. The SMILES string of the molecule is CN=C(NCCS(=O)(=O)NCc1ccccc1)NC(C)COC.I. The van der Waals surface area contributed by atoms with Crippen LogP contribution in [-0.2, 0) is 21.3 Å². The van der Waals surface area contributed by atoms with Gasteiger partial charge in [0.2, 0.25) is 10.0 Å². The lowest BCUT2D eigenvalue weighted by Gasteiger charge is -2.17. The van der Waals surface area contributed by atoms with Crippen LogP contribution in [-0.4, -0.2) is 53.5 Å². The normalized spacial score (nSPS) is 13.0. The third-order valence-corrected chi connectivity index (χ3v) is 4.35. The number of benzene rings is 1. The molecule has 24 heavy (non-hydrogen) atoms. The lowest BCUT2D eigenvalue weighted by Crippen LogP contribution is -2.45. The highest BCUT2D eigenvalue weighted by Crippen LogP contribution is 1.98. The van der Waals surface area contributed by atoms with Gasteiger partial charge in [-0.1, -0.05) is 30.3 Å². The Morgan fingerprint density at radius 3 is 2.54 bits per heavy atom. The molecular weight excluding hydrogens is 443 g/mol. The minimum absolute atomic E-state index is 0. The Bertz CT molecular complexity index is 582. The molecule has 1 atom stereocenters. The van der Waals surface area contributed by atoms with Gasteiger partial charge in [0.25, 0.3) is 0 Å². The van der Waals surface area contributed by atoms with Crippen LogP contribution in [0, 0.1) is 0 Å². The van der Waals surface area contributed by atoms with E-state index in [1.807, 2.05) is 37.3 Å². The molecule has 1 aromatic rings. The van der Waals surface area contributed by atoms with Gasteiger partial charge in [0.05, 0.1) is 12.4 Å². The highest BCUT2D eigenvalue weighted by atomic mass is 127. The van der Waals surface area contributed by atoms with Gasteiger partial charge in [-0.2, -0.15) is 0 Å². The molecule has 9 heteroatoms. The van der Waals surface area contributed by atoms with Crippen LogP contribution >= 0.6 is 24.0 Å². The number of sulfonamides is 1. The van der Waals surface area contributed by atoms with Crippen molar-refractivity contribution in [1.29, 1.82) is 0 Å². The lowest BCUT2D eigenvalue weighted by molar-refractivity contribution is 0.179. The van der Waals surface area contributed by atoms with Crippen molar-refractivity contribution in [3.63, 3.8) is 0 Å². The van der Waals surface area contributed by atoms with E-state index in [0.717, 1.165) is 5.56 Å². The van der Waals surface area contributed by atoms with E-state index in [2.05, 4.69) is 20.3 Å². The van der Waals surface area contributed by atoms with E-state index in [1.54, 1.807) is 14.2 Å². The first-order valence-corrected chi connectivity index (χ1v) is 9.09. The highest BCUT2D eigenvalue weighted by molar-refractivity contribution is 14.0. The third-order valence-electron chi connectivity index (χ3n) is 3.03. The molecule has 0 saturated carbocycles. The van der Waals surface area contributed by atoms with Crippen molar-refractivity contribution < 1.29 is 13.2 Å². The van der Waals surface area contributed by atoms with Gasteiger partial charge in [-0.3, -0.25) is 4.99 Å². The average Bonchev–Trinajstić information content (AvgIpc) is 2.53. The van der Waals surface area contributed by atoms with Gasteiger partial charge in [0.15, 0.2) is 5.96 Å². The van der Waals surface area contributed by atoms with Gasteiger partial charge in [-0.15, -0.1) is 24.0 Å². The van der Waals surface area contributed by atoms with Crippen LogP contribution in [0.1, 0.15) is 12.5 Å². The topological polar surface area (TPSA) is 91.8 Å². The minimum Gasteiger partial charge on any atom is -0.383 e. The fourth-order valence-electron chi connectivity index (χ4n) is 1.88. The van der Waals surface area contributed by atoms with E-state index < -0.39 is 10.0 Å². The summed E-state index contributed by atoms with van der Waals surface area (Å²) in [5.74, 6) is 0.520. The molecule has 0 heterocycles. The molecule has 0 aliphatic heterocycles. The quantitative estimate of drug-likeness (QED) is 0.284. The van der Waals surface area contributed by atoms with Crippen molar-refractivity contribution in [2.45, 2.75) is 19.5 Å². The molecule has 1 rings (SSSR count). The maximum Gasteiger partial charge on any atom is 0.213 e. The number of hydrogen-bond acceptors (Lipinski definition) is 4. The maximum absolute atomic E-state index is 12.0. The zero-order valence-corrected chi connectivity index (χ0v) is 17.4. The summed E-state index contributed by atoms with van der Waals surface area (Å²) in [6.07, 6.45) is 0. The van der Waals surface area contributed by atoms with E-state index in [1.165, 1.54) is 0 Å². The van der Waals surface area contributed by atoms with Crippen LogP contribution in [0.3, 0.4) is 0 Å².